The maximum Gasteiger partial charge on any atom is 0.125 e. The first-order chi connectivity index (χ1) is 9.70. The molecule has 2 rings (SSSR count). The molecule has 0 aliphatic heterocycles. The molecule has 0 N–H and O–H groups in total. The van der Waals surface area contributed by atoms with Gasteiger partial charge < -0.3 is 4.74 Å². The Hall–Kier alpha value is -1.06. The summed E-state index contributed by atoms with van der Waals surface area (Å²) in [7, 11) is 0. The second-order valence-electron chi connectivity index (χ2n) is 4.89. The molecule has 0 amide bonds. The van der Waals surface area contributed by atoms with Crippen molar-refractivity contribution in [2.24, 2.45) is 0 Å². The highest BCUT2D eigenvalue weighted by molar-refractivity contribution is 7.09. The van der Waals surface area contributed by atoms with Gasteiger partial charge in [0.05, 0.1) is 23.2 Å². The van der Waals surface area contributed by atoms with Crippen molar-refractivity contribution in [3.63, 3.8) is 0 Å². The van der Waals surface area contributed by atoms with Crippen LogP contribution in [0.15, 0.2) is 23.6 Å². The molecule has 20 heavy (non-hydrogen) atoms. The van der Waals surface area contributed by atoms with Crippen LogP contribution in [-0.2, 0) is 12.3 Å². The monoisotopic (exact) mass is 309 g/mol. The lowest BCUT2D eigenvalue weighted by Gasteiger charge is -2.11. The molecule has 2 aromatic rings. The van der Waals surface area contributed by atoms with Crippen molar-refractivity contribution in [2.75, 3.05) is 6.61 Å². The zero-order valence-corrected chi connectivity index (χ0v) is 13.6. The first kappa shape index (κ1) is 15.3. The van der Waals surface area contributed by atoms with Crippen LogP contribution in [0, 0.1) is 13.8 Å². The van der Waals surface area contributed by atoms with Crippen LogP contribution in [0.3, 0.4) is 0 Å². The molecule has 4 heteroatoms. The second kappa shape index (κ2) is 7.65. The van der Waals surface area contributed by atoms with E-state index in [1.165, 1.54) is 16.1 Å². The quantitative estimate of drug-likeness (QED) is 0.536. The third-order valence-electron chi connectivity index (χ3n) is 3.18. The predicted molar refractivity (Wildman–Crippen MR) is 86.0 cm³/mol. The van der Waals surface area contributed by atoms with Crippen LogP contribution in [0.25, 0.3) is 0 Å². The van der Waals surface area contributed by atoms with E-state index in [2.05, 4.69) is 37.0 Å². The van der Waals surface area contributed by atoms with Crippen LogP contribution in [-0.4, -0.2) is 11.6 Å². The van der Waals surface area contributed by atoms with E-state index in [0.29, 0.717) is 5.88 Å². The van der Waals surface area contributed by atoms with Gasteiger partial charge in [0.1, 0.15) is 5.75 Å². The van der Waals surface area contributed by atoms with E-state index in [-0.39, 0.29) is 0 Å². The molecule has 1 aromatic carbocycles. The number of unbranched alkanes of at least 4 members (excludes halogenated alkanes) is 1. The summed E-state index contributed by atoms with van der Waals surface area (Å²) in [6.45, 7) is 4.94. The van der Waals surface area contributed by atoms with Gasteiger partial charge in [0.2, 0.25) is 0 Å². The third-order valence-corrected chi connectivity index (χ3v) is 4.41. The lowest BCUT2D eigenvalue weighted by Crippen LogP contribution is -2.01. The highest BCUT2D eigenvalue weighted by Gasteiger charge is 2.04. The molecule has 1 heterocycles. The number of thiazole rings is 1. The van der Waals surface area contributed by atoms with E-state index in [4.69, 9.17) is 16.3 Å². The van der Waals surface area contributed by atoms with Gasteiger partial charge in [-0.3, -0.25) is 0 Å². The first-order valence-electron chi connectivity index (χ1n) is 6.89. The SMILES string of the molecule is Cc1cccc(C)c1OCCCCc1nc(CCl)cs1. The lowest BCUT2D eigenvalue weighted by molar-refractivity contribution is 0.303. The van der Waals surface area contributed by atoms with E-state index in [1.54, 1.807) is 11.3 Å². The molecule has 0 saturated carbocycles. The van der Waals surface area contributed by atoms with Crippen molar-refractivity contribution >= 4 is 22.9 Å². The van der Waals surface area contributed by atoms with Crippen LogP contribution in [0.4, 0.5) is 0 Å². The number of ether oxygens (including phenoxy) is 1. The van der Waals surface area contributed by atoms with Gasteiger partial charge in [0.25, 0.3) is 0 Å². The Morgan fingerprint density at radius 2 is 1.95 bits per heavy atom. The van der Waals surface area contributed by atoms with E-state index in [9.17, 15) is 0 Å². The normalized spacial score (nSPS) is 10.8. The Balaban J connectivity index is 1.71. The zero-order chi connectivity index (χ0) is 14.4. The number of hydrogen-bond acceptors (Lipinski definition) is 3. The average molecular weight is 310 g/mol. The number of aromatic nitrogens is 1. The molecule has 0 bridgehead atoms. The summed E-state index contributed by atoms with van der Waals surface area (Å²) in [5.41, 5.74) is 3.40. The largest absolute Gasteiger partial charge is 0.493 e. The summed E-state index contributed by atoms with van der Waals surface area (Å²) in [5.74, 6) is 1.54. The van der Waals surface area contributed by atoms with Crippen molar-refractivity contribution in [1.29, 1.82) is 0 Å². The predicted octanol–water partition coefficient (Wildman–Crippen LogP) is 4.90. The number of benzene rings is 1. The number of rotatable bonds is 7. The van der Waals surface area contributed by atoms with Crippen LogP contribution in [0.1, 0.15) is 34.7 Å². The van der Waals surface area contributed by atoms with Gasteiger partial charge in [0, 0.05) is 5.38 Å². The lowest BCUT2D eigenvalue weighted by atomic mass is 10.1. The zero-order valence-electron chi connectivity index (χ0n) is 12.0. The smallest absolute Gasteiger partial charge is 0.125 e. The highest BCUT2D eigenvalue weighted by Crippen LogP contribution is 2.22. The van der Waals surface area contributed by atoms with Gasteiger partial charge in [0.15, 0.2) is 0 Å². The third kappa shape index (κ3) is 4.22. The molecule has 0 spiro atoms. The standard InChI is InChI=1S/C16H20ClNOS/c1-12-6-5-7-13(2)16(12)19-9-4-3-8-15-18-14(10-17)11-20-15/h5-7,11H,3-4,8-10H2,1-2H3. The Morgan fingerprint density at radius 1 is 1.20 bits per heavy atom. The molecule has 0 saturated heterocycles. The van der Waals surface area contributed by atoms with E-state index < -0.39 is 0 Å². The first-order valence-corrected chi connectivity index (χ1v) is 8.30. The van der Waals surface area contributed by atoms with Gasteiger partial charge in [-0.15, -0.1) is 22.9 Å². The van der Waals surface area contributed by atoms with Crippen LogP contribution >= 0.6 is 22.9 Å². The Bertz CT molecular complexity index is 533. The molecular formula is C16H20ClNOS. The van der Waals surface area contributed by atoms with Crippen molar-refractivity contribution in [2.45, 2.75) is 39.0 Å². The maximum absolute atomic E-state index is 5.89. The fourth-order valence-electron chi connectivity index (χ4n) is 2.10. The van der Waals surface area contributed by atoms with Gasteiger partial charge in [-0.2, -0.15) is 0 Å². The minimum atomic E-state index is 0.506. The molecule has 0 atom stereocenters. The summed E-state index contributed by atoms with van der Waals surface area (Å²) in [6.07, 6.45) is 3.15. The van der Waals surface area contributed by atoms with Gasteiger partial charge >= 0.3 is 0 Å². The van der Waals surface area contributed by atoms with Crippen molar-refractivity contribution < 1.29 is 4.74 Å². The minimum absolute atomic E-state index is 0.506. The minimum Gasteiger partial charge on any atom is -0.493 e. The Labute approximate surface area is 129 Å². The summed E-state index contributed by atoms with van der Waals surface area (Å²) in [4.78, 5) is 4.46. The molecule has 1 aromatic heterocycles. The number of aryl methyl sites for hydroxylation is 3. The van der Waals surface area contributed by atoms with Gasteiger partial charge in [-0.05, 0) is 44.2 Å². The van der Waals surface area contributed by atoms with Crippen molar-refractivity contribution in [3.05, 3.63) is 45.4 Å². The summed E-state index contributed by atoms with van der Waals surface area (Å²) >= 11 is 7.44. The molecule has 0 radical (unpaired) electrons. The molecule has 2 nitrogen and oxygen atoms in total. The number of halogens is 1. The topological polar surface area (TPSA) is 22.1 Å². The average Bonchev–Trinajstić information content (AvgIpc) is 2.89. The van der Waals surface area contributed by atoms with Crippen LogP contribution in [0.2, 0.25) is 0 Å². The summed E-state index contributed by atoms with van der Waals surface area (Å²) < 4.78 is 5.89. The maximum atomic E-state index is 5.89. The molecule has 108 valence electrons. The van der Waals surface area contributed by atoms with Gasteiger partial charge in [-0.25, -0.2) is 4.98 Å². The number of alkyl halides is 1. The van der Waals surface area contributed by atoms with Crippen molar-refractivity contribution in [1.82, 2.24) is 4.98 Å². The molecule has 0 unspecified atom stereocenters. The molecular weight excluding hydrogens is 290 g/mol. The number of hydrogen-bond donors (Lipinski definition) is 0. The van der Waals surface area contributed by atoms with E-state index in [1.807, 2.05) is 5.38 Å². The summed E-state index contributed by atoms with van der Waals surface area (Å²) in [5, 5.41) is 3.21. The molecule has 0 fully saturated rings. The second-order valence-corrected chi connectivity index (χ2v) is 6.10. The fraction of sp³-hybridized carbons (Fsp3) is 0.438. The number of para-hydroxylation sites is 1. The highest BCUT2D eigenvalue weighted by atomic mass is 35.5. The van der Waals surface area contributed by atoms with E-state index >= 15 is 0 Å². The molecule has 0 aliphatic carbocycles. The van der Waals surface area contributed by atoms with Crippen LogP contribution < -0.4 is 4.74 Å². The fourth-order valence-corrected chi connectivity index (χ4v) is 3.17. The van der Waals surface area contributed by atoms with Gasteiger partial charge in [-0.1, -0.05) is 18.2 Å². The molecule has 0 aliphatic rings. The summed E-state index contributed by atoms with van der Waals surface area (Å²) in [6, 6.07) is 6.24. The Kier molecular flexibility index (Phi) is 5.86. The van der Waals surface area contributed by atoms with E-state index in [0.717, 1.165) is 37.3 Å². The Morgan fingerprint density at radius 3 is 2.60 bits per heavy atom. The van der Waals surface area contributed by atoms with Crippen LogP contribution in [0.5, 0.6) is 5.75 Å². The van der Waals surface area contributed by atoms with Crippen molar-refractivity contribution in [3.8, 4) is 5.75 Å². The number of nitrogens with zero attached hydrogens (tertiary/aromatic N) is 1.